The minimum atomic E-state index is -1.05. The average molecular weight is 725 g/mol. The molecule has 0 saturated carbocycles. The van der Waals surface area contributed by atoms with Crippen LogP contribution in [0.5, 0.6) is 5.75 Å². The Morgan fingerprint density at radius 2 is 1.75 bits per heavy atom. The van der Waals surface area contributed by atoms with Crippen molar-refractivity contribution in [3.05, 3.63) is 104 Å². The van der Waals surface area contributed by atoms with Gasteiger partial charge in [-0.2, -0.15) is 5.10 Å². The molecule has 3 aromatic carbocycles. The third-order valence-electron chi connectivity index (χ3n) is 10.0. The molecule has 1 unspecified atom stereocenters. The third kappa shape index (κ3) is 5.82. The molecule has 1 N–H and O–H groups in total. The average Bonchev–Trinajstić information content (AvgIpc) is 3.55. The van der Waals surface area contributed by atoms with Crippen molar-refractivity contribution in [1.82, 2.24) is 19.3 Å². The number of aromatic nitrogens is 4. The highest BCUT2D eigenvalue weighted by atomic mass is 35.5. The van der Waals surface area contributed by atoms with E-state index >= 15 is 4.79 Å². The van der Waals surface area contributed by atoms with Crippen molar-refractivity contribution in [1.29, 1.82) is 0 Å². The molecule has 1 atom stereocenters. The number of fused-ring (bicyclic) bond motifs is 4. The molecule has 0 aliphatic carbocycles. The summed E-state index contributed by atoms with van der Waals surface area (Å²) in [7, 11) is 1.92. The Kier molecular flexibility index (Phi) is 8.84. The van der Waals surface area contributed by atoms with Crippen LogP contribution in [0.1, 0.15) is 73.9 Å². The van der Waals surface area contributed by atoms with Crippen molar-refractivity contribution in [2.75, 3.05) is 18.1 Å². The zero-order chi connectivity index (χ0) is 36.5. The van der Waals surface area contributed by atoms with Gasteiger partial charge in [-0.3, -0.25) is 14.5 Å². The largest absolute Gasteiger partial charge is 0.494 e. The van der Waals surface area contributed by atoms with E-state index in [-0.39, 0.29) is 17.5 Å². The summed E-state index contributed by atoms with van der Waals surface area (Å²) in [4.78, 5) is 33.1. The Hall–Kier alpha value is -4.86. The lowest BCUT2D eigenvalue weighted by molar-refractivity contribution is 0.0696. The van der Waals surface area contributed by atoms with E-state index in [4.69, 9.17) is 33.0 Å². The highest BCUT2D eigenvalue weighted by molar-refractivity contribution is 6.35. The summed E-state index contributed by atoms with van der Waals surface area (Å²) in [5.74, 6) is -0.444. The quantitative estimate of drug-likeness (QED) is 0.157. The number of hydrogen-bond acceptors (Lipinski definition) is 5. The minimum absolute atomic E-state index is 0.0938. The fourth-order valence-electron chi connectivity index (χ4n) is 7.64. The number of halogens is 2. The lowest BCUT2D eigenvalue weighted by Crippen LogP contribution is -2.43. The van der Waals surface area contributed by atoms with E-state index in [0.29, 0.717) is 53.3 Å². The van der Waals surface area contributed by atoms with Gasteiger partial charge in [0.05, 0.1) is 39.6 Å². The molecule has 6 aromatic rings. The van der Waals surface area contributed by atoms with Gasteiger partial charge in [0.15, 0.2) is 0 Å². The Morgan fingerprint density at radius 3 is 2.41 bits per heavy atom. The number of carbonyl (C=O) groups is 2. The van der Waals surface area contributed by atoms with Crippen LogP contribution in [0.25, 0.3) is 32.9 Å². The van der Waals surface area contributed by atoms with Gasteiger partial charge in [-0.15, -0.1) is 0 Å². The molecule has 0 fully saturated rings. The smallest absolute Gasteiger partial charge is 0.337 e. The number of nitrogens with zero attached hydrogens (tertiary/aromatic N) is 5. The number of carbonyl (C=O) groups excluding carboxylic acids is 1. The number of carboxylic acid groups (broad SMARTS) is 1. The maximum absolute atomic E-state index is 15.0. The molecule has 1 aliphatic heterocycles. The molecule has 262 valence electrons. The monoisotopic (exact) mass is 723 g/mol. The zero-order valence-corrected chi connectivity index (χ0v) is 31.2. The van der Waals surface area contributed by atoms with Gasteiger partial charge in [-0.05, 0) is 113 Å². The zero-order valence-electron chi connectivity index (χ0n) is 29.7. The molecule has 4 heterocycles. The highest BCUT2D eigenvalue weighted by Crippen LogP contribution is 2.45. The van der Waals surface area contributed by atoms with Crippen molar-refractivity contribution in [3.63, 3.8) is 0 Å². The van der Waals surface area contributed by atoms with Crippen LogP contribution >= 0.6 is 23.2 Å². The van der Waals surface area contributed by atoms with Crippen LogP contribution in [0.4, 0.5) is 5.69 Å². The van der Waals surface area contributed by atoms with Crippen molar-refractivity contribution >= 4 is 62.6 Å². The SMILES string of the molecule is Cc1cc(N2CC(C)n3c(c(CCCOc4cc(C)c(Cl)c(C)c4)c4ccc(Cl)c(-c5c(C)nn(C)c5C)c43)C2=O)c2ncc(C(=O)O)cc2c1. The molecule has 51 heavy (non-hydrogen) atoms. The second-order valence-electron chi connectivity index (χ2n) is 13.7. The topological polar surface area (TPSA) is 102 Å². The summed E-state index contributed by atoms with van der Waals surface area (Å²) in [6.07, 6.45) is 2.59. The molecular weight excluding hydrogens is 685 g/mol. The van der Waals surface area contributed by atoms with Crippen LogP contribution in [0.15, 0.2) is 48.7 Å². The van der Waals surface area contributed by atoms with Gasteiger partial charge in [0, 0.05) is 58.4 Å². The first-order chi connectivity index (χ1) is 24.3. The first-order valence-electron chi connectivity index (χ1n) is 17.0. The number of carboxylic acids is 1. The third-order valence-corrected chi connectivity index (χ3v) is 10.9. The van der Waals surface area contributed by atoms with Crippen LogP contribution in [0, 0.1) is 34.6 Å². The normalized spacial score (nSPS) is 14.5. The molecule has 0 bridgehead atoms. The standard InChI is InChI=1S/C40H39Cl2N5O4/c1-20-13-26-17-27(40(49)50)18-43-36(26)32(14-20)46-19-23(4)47-37-30(10-11-31(41)34(37)33-24(5)44-45(7)25(33)6)29(38(47)39(46)48)9-8-12-51-28-15-21(2)35(42)22(3)16-28/h10-11,13-18,23H,8-9,12,19H2,1-7H3,(H,49,50). The Morgan fingerprint density at radius 1 is 1.02 bits per heavy atom. The van der Waals surface area contributed by atoms with E-state index in [2.05, 4.69) is 16.5 Å². The second-order valence-corrected chi connectivity index (χ2v) is 14.4. The summed E-state index contributed by atoms with van der Waals surface area (Å²) in [6, 6.07) is 13.1. The van der Waals surface area contributed by atoms with Gasteiger partial charge < -0.3 is 19.3 Å². The maximum Gasteiger partial charge on any atom is 0.337 e. The predicted octanol–water partition coefficient (Wildman–Crippen LogP) is 9.37. The number of amides is 1. The summed E-state index contributed by atoms with van der Waals surface area (Å²) in [6.45, 7) is 12.8. The molecular formula is C40H39Cl2N5O4. The number of aryl methyl sites for hydroxylation is 6. The number of anilines is 1. The molecule has 0 radical (unpaired) electrons. The number of benzene rings is 3. The number of aromatic carboxylic acids is 1. The summed E-state index contributed by atoms with van der Waals surface area (Å²) < 4.78 is 10.2. The van der Waals surface area contributed by atoms with E-state index in [0.717, 1.165) is 66.4 Å². The van der Waals surface area contributed by atoms with E-state index in [1.165, 1.54) is 6.20 Å². The fraction of sp³-hybridized carbons (Fsp3) is 0.300. The lowest BCUT2D eigenvalue weighted by Gasteiger charge is -2.35. The van der Waals surface area contributed by atoms with Crippen molar-refractivity contribution in [2.24, 2.45) is 7.05 Å². The van der Waals surface area contributed by atoms with Gasteiger partial charge in [0.2, 0.25) is 0 Å². The van der Waals surface area contributed by atoms with E-state index < -0.39 is 5.97 Å². The first kappa shape index (κ1) is 34.6. The maximum atomic E-state index is 15.0. The van der Waals surface area contributed by atoms with Gasteiger partial charge in [-0.1, -0.05) is 29.3 Å². The number of pyridine rings is 1. The van der Waals surface area contributed by atoms with E-state index in [1.807, 2.05) is 82.7 Å². The molecule has 1 amide bonds. The predicted molar refractivity (Wildman–Crippen MR) is 203 cm³/mol. The van der Waals surface area contributed by atoms with Crippen LogP contribution in [-0.4, -0.2) is 49.5 Å². The summed E-state index contributed by atoms with van der Waals surface area (Å²) >= 11 is 13.5. The summed E-state index contributed by atoms with van der Waals surface area (Å²) in [5.41, 5.74) is 10.2. The van der Waals surface area contributed by atoms with Crippen molar-refractivity contribution in [3.8, 4) is 16.9 Å². The van der Waals surface area contributed by atoms with Crippen molar-refractivity contribution in [2.45, 2.75) is 60.4 Å². The number of ether oxygens (including phenoxy) is 1. The summed E-state index contributed by atoms with van der Waals surface area (Å²) in [5, 5.41) is 17.3. The Labute approximate surface area is 306 Å². The van der Waals surface area contributed by atoms with Crippen LogP contribution in [-0.2, 0) is 13.5 Å². The Balaban J connectivity index is 1.38. The molecule has 9 nitrogen and oxygen atoms in total. The highest BCUT2D eigenvalue weighted by Gasteiger charge is 2.37. The van der Waals surface area contributed by atoms with Gasteiger partial charge >= 0.3 is 5.97 Å². The van der Waals surface area contributed by atoms with Gasteiger partial charge in [0.25, 0.3) is 5.91 Å². The fourth-order valence-corrected chi connectivity index (χ4v) is 7.99. The molecule has 11 heteroatoms. The number of hydrogen-bond donors (Lipinski definition) is 1. The number of rotatable bonds is 8. The van der Waals surface area contributed by atoms with Crippen LogP contribution < -0.4 is 9.64 Å². The van der Waals surface area contributed by atoms with Crippen molar-refractivity contribution < 1.29 is 19.4 Å². The van der Waals surface area contributed by atoms with E-state index in [9.17, 15) is 9.90 Å². The lowest BCUT2D eigenvalue weighted by atomic mass is 9.98. The van der Waals surface area contributed by atoms with Crippen LogP contribution in [0.2, 0.25) is 10.0 Å². The minimum Gasteiger partial charge on any atom is -0.494 e. The molecule has 7 rings (SSSR count). The van der Waals surface area contributed by atoms with Gasteiger partial charge in [-0.25, -0.2) is 4.79 Å². The first-order valence-corrected chi connectivity index (χ1v) is 17.7. The molecule has 1 aliphatic rings. The van der Waals surface area contributed by atoms with Gasteiger partial charge in [0.1, 0.15) is 11.4 Å². The molecule has 0 saturated heterocycles. The molecule has 3 aromatic heterocycles. The second kappa shape index (κ2) is 13.0. The Bertz CT molecular complexity index is 2410. The molecule has 0 spiro atoms. The van der Waals surface area contributed by atoms with Crippen LogP contribution in [0.3, 0.4) is 0 Å². The van der Waals surface area contributed by atoms with E-state index in [1.54, 1.807) is 11.0 Å².